The van der Waals surface area contributed by atoms with Gasteiger partial charge >= 0.3 is 6.18 Å². The molecule has 13 heteroatoms. The number of nitrogens with zero attached hydrogens (tertiary/aromatic N) is 3. The number of aromatic nitrogens is 1. The van der Waals surface area contributed by atoms with E-state index in [1.54, 1.807) is 26.6 Å². The minimum absolute atomic E-state index is 0.0220. The zero-order chi connectivity index (χ0) is 28.1. The molecular weight excluding hydrogens is 525 g/mol. The first-order chi connectivity index (χ1) is 17.8. The molecule has 2 heterocycles. The van der Waals surface area contributed by atoms with Gasteiger partial charge < -0.3 is 14.4 Å². The van der Waals surface area contributed by atoms with Gasteiger partial charge in [0.25, 0.3) is 5.91 Å². The smallest absolute Gasteiger partial charge is 0.404 e. The number of methoxy groups -OCH3 is 1. The quantitative estimate of drug-likeness (QED) is 0.580. The molecule has 0 aliphatic carbocycles. The highest BCUT2D eigenvalue weighted by atomic mass is 32.2. The molecule has 0 bridgehead atoms. The fourth-order valence-corrected chi connectivity index (χ4v) is 5.28. The number of benzene rings is 1. The molecule has 38 heavy (non-hydrogen) atoms. The van der Waals surface area contributed by atoms with Gasteiger partial charge in [0.15, 0.2) is 5.75 Å². The average Bonchev–Trinajstić information content (AvgIpc) is 2.83. The number of fused-ring (bicyclic) bond motifs is 1. The molecule has 1 aromatic carbocycles. The van der Waals surface area contributed by atoms with Gasteiger partial charge in [-0.1, -0.05) is 13.0 Å². The lowest BCUT2D eigenvalue weighted by atomic mass is 10.0. The second-order valence-corrected chi connectivity index (χ2v) is 11.3. The van der Waals surface area contributed by atoms with Gasteiger partial charge in [0, 0.05) is 57.9 Å². The van der Waals surface area contributed by atoms with Crippen LogP contribution in [-0.2, 0) is 21.3 Å². The molecule has 0 unspecified atom stereocenters. The van der Waals surface area contributed by atoms with Crippen LogP contribution in [0, 0.1) is 5.92 Å². The van der Waals surface area contributed by atoms with Gasteiger partial charge in [-0.2, -0.15) is 13.2 Å². The average molecular weight is 559 g/mol. The fraction of sp³-hybridized carbons (Fsp3) is 0.520. The van der Waals surface area contributed by atoms with Crippen LogP contribution in [0.25, 0.3) is 0 Å². The third-order valence-corrected chi connectivity index (χ3v) is 7.56. The van der Waals surface area contributed by atoms with Gasteiger partial charge in [-0.05, 0) is 42.7 Å². The van der Waals surface area contributed by atoms with Crippen LogP contribution in [0.1, 0.15) is 29.8 Å². The van der Waals surface area contributed by atoms with Gasteiger partial charge in [-0.15, -0.1) is 0 Å². The van der Waals surface area contributed by atoms with Gasteiger partial charge in [0.1, 0.15) is 12.4 Å². The molecule has 1 N–H and O–H groups in total. The maximum atomic E-state index is 13.4. The summed E-state index contributed by atoms with van der Waals surface area (Å²) in [7, 11) is -1.58. The van der Waals surface area contributed by atoms with Crippen LogP contribution >= 0.6 is 0 Å². The van der Waals surface area contributed by atoms with Crippen LogP contribution in [0.5, 0.6) is 5.75 Å². The van der Waals surface area contributed by atoms with E-state index in [1.165, 1.54) is 23.1 Å². The van der Waals surface area contributed by atoms with Crippen LogP contribution in [0.2, 0.25) is 0 Å². The first-order valence-corrected chi connectivity index (χ1v) is 13.7. The number of pyridine rings is 1. The molecule has 1 aromatic heterocycles. The predicted octanol–water partition coefficient (Wildman–Crippen LogP) is 3.39. The second kappa shape index (κ2) is 12.3. The SMILES string of the molecule is CO[C@@H]1CN(C)C(=O)c2cc(NS(=O)(=O)CC(F)(F)F)ccc2OC[C@H](C)N(Cc2cccnc2)C[C@H]1C. The molecule has 2 aromatic rings. The summed E-state index contributed by atoms with van der Waals surface area (Å²) >= 11 is 0. The van der Waals surface area contributed by atoms with Gasteiger partial charge in [0.2, 0.25) is 10.0 Å². The lowest BCUT2D eigenvalue weighted by Crippen LogP contribution is -2.46. The molecule has 1 amide bonds. The second-order valence-electron chi connectivity index (χ2n) is 9.58. The topological polar surface area (TPSA) is 101 Å². The fourth-order valence-electron chi connectivity index (χ4n) is 4.29. The van der Waals surface area contributed by atoms with E-state index in [9.17, 15) is 26.4 Å². The van der Waals surface area contributed by atoms with Crippen molar-refractivity contribution in [1.29, 1.82) is 0 Å². The van der Waals surface area contributed by atoms with Crippen molar-refractivity contribution in [3.8, 4) is 5.75 Å². The van der Waals surface area contributed by atoms with Crippen molar-refractivity contribution in [1.82, 2.24) is 14.8 Å². The number of halogens is 3. The molecule has 0 saturated heterocycles. The van der Waals surface area contributed by atoms with E-state index in [0.29, 0.717) is 13.1 Å². The van der Waals surface area contributed by atoms with E-state index < -0.39 is 27.9 Å². The molecule has 0 fully saturated rings. The number of alkyl halides is 3. The Morgan fingerprint density at radius 1 is 1.21 bits per heavy atom. The van der Waals surface area contributed by atoms with E-state index in [4.69, 9.17) is 9.47 Å². The summed E-state index contributed by atoms with van der Waals surface area (Å²) in [5, 5.41) is 0. The van der Waals surface area contributed by atoms with Crippen molar-refractivity contribution in [3.05, 3.63) is 53.9 Å². The lowest BCUT2D eigenvalue weighted by Gasteiger charge is -2.36. The third kappa shape index (κ3) is 8.30. The van der Waals surface area contributed by atoms with E-state index >= 15 is 0 Å². The van der Waals surface area contributed by atoms with Crippen molar-refractivity contribution in [2.75, 3.05) is 44.3 Å². The summed E-state index contributed by atoms with van der Waals surface area (Å²) in [6.07, 6.45) is -1.72. The maximum absolute atomic E-state index is 13.4. The summed E-state index contributed by atoms with van der Waals surface area (Å²) in [5.41, 5.74) is 0.873. The van der Waals surface area contributed by atoms with E-state index in [-0.39, 0.29) is 48.2 Å². The molecule has 0 saturated carbocycles. The van der Waals surface area contributed by atoms with E-state index in [0.717, 1.165) is 5.56 Å². The molecule has 0 radical (unpaired) electrons. The standard InChI is InChI=1S/C25H33F3N4O5S/c1-17-12-32(13-19-6-5-9-29-11-19)18(2)15-37-22-8-7-20(30-38(34,35)16-25(26,27)28)10-21(22)24(33)31(3)14-23(17)36-4/h5-11,17-18,23,30H,12-16H2,1-4H3/t17-,18+,23-/m1/s1. The monoisotopic (exact) mass is 558 g/mol. The molecule has 0 spiro atoms. The summed E-state index contributed by atoms with van der Waals surface area (Å²) in [6.45, 7) is 5.73. The number of nitrogens with one attached hydrogen (secondary N) is 1. The highest BCUT2D eigenvalue weighted by Gasteiger charge is 2.35. The summed E-state index contributed by atoms with van der Waals surface area (Å²) in [4.78, 5) is 21.2. The molecular formula is C25H33F3N4O5S. The number of rotatable bonds is 6. The molecule has 1 aliphatic heterocycles. The Hall–Kier alpha value is -2.90. The number of carbonyl (C=O) groups excluding carboxylic acids is 1. The number of hydrogen-bond donors (Lipinski definition) is 1. The van der Waals surface area contributed by atoms with Gasteiger partial charge in [-0.3, -0.25) is 19.4 Å². The largest absolute Gasteiger partial charge is 0.491 e. The Bertz CT molecular complexity index is 1200. The molecule has 1 aliphatic rings. The molecule has 9 nitrogen and oxygen atoms in total. The molecule has 210 valence electrons. The number of anilines is 1. The number of carbonyl (C=O) groups is 1. The number of sulfonamides is 1. The zero-order valence-corrected chi connectivity index (χ0v) is 22.6. The molecule has 3 rings (SSSR count). The Morgan fingerprint density at radius 2 is 1.95 bits per heavy atom. The van der Waals surface area contributed by atoms with Gasteiger partial charge in [0.05, 0.1) is 11.7 Å². The highest BCUT2D eigenvalue weighted by Crippen LogP contribution is 2.28. The Labute approximate surface area is 221 Å². The minimum atomic E-state index is -4.91. The first-order valence-electron chi connectivity index (χ1n) is 12.0. The van der Waals surface area contributed by atoms with Crippen LogP contribution < -0.4 is 9.46 Å². The van der Waals surface area contributed by atoms with Crippen LogP contribution in [-0.4, -0.2) is 87.0 Å². The van der Waals surface area contributed by atoms with E-state index in [1.807, 2.05) is 30.7 Å². The number of ether oxygens (including phenoxy) is 2. The minimum Gasteiger partial charge on any atom is -0.491 e. The Kier molecular flexibility index (Phi) is 9.60. The van der Waals surface area contributed by atoms with Crippen LogP contribution in [0.15, 0.2) is 42.7 Å². The van der Waals surface area contributed by atoms with Crippen molar-refractivity contribution < 1.29 is 35.9 Å². The van der Waals surface area contributed by atoms with Crippen molar-refractivity contribution >= 4 is 21.6 Å². The summed E-state index contributed by atoms with van der Waals surface area (Å²) in [5.74, 6) is -2.31. The van der Waals surface area contributed by atoms with Crippen LogP contribution in [0.4, 0.5) is 18.9 Å². The Balaban J connectivity index is 1.94. The zero-order valence-electron chi connectivity index (χ0n) is 21.7. The lowest BCUT2D eigenvalue weighted by molar-refractivity contribution is -0.106. The first kappa shape index (κ1) is 29.7. The van der Waals surface area contributed by atoms with Crippen molar-refractivity contribution in [2.24, 2.45) is 5.92 Å². The van der Waals surface area contributed by atoms with Crippen LogP contribution in [0.3, 0.4) is 0 Å². The summed E-state index contributed by atoms with van der Waals surface area (Å²) < 4.78 is 75.7. The van der Waals surface area contributed by atoms with Gasteiger partial charge in [-0.25, -0.2) is 8.42 Å². The van der Waals surface area contributed by atoms with E-state index in [2.05, 4.69) is 9.88 Å². The maximum Gasteiger partial charge on any atom is 0.404 e. The highest BCUT2D eigenvalue weighted by molar-refractivity contribution is 7.92. The number of amides is 1. The normalized spacial score (nSPS) is 22.1. The van der Waals surface area contributed by atoms with Crippen molar-refractivity contribution in [3.63, 3.8) is 0 Å². The third-order valence-electron chi connectivity index (χ3n) is 6.31. The summed E-state index contributed by atoms with van der Waals surface area (Å²) in [6, 6.07) is 7.60. The number of likely N-dealkylation sites (N-methyl/N-ethyl adjacent to an activating group) is 1. The predicted molar refractivity (Wildman–Crippen MR) is 136 cm³/mol. The van der Waals surface area contributed by atoms with Crippen molar-refractivity contribution in [2.45, 2.75) is 38.7 Å². The molecule has 3 atom stereocenters. The Morgan fingerprint density at radius 3 is 2.58 bits per heavy atom. The number of hydrogen-bond acceptors (Lipinski definition) is 7.